The highest BCUT2D eigenvalue weighted by atomic mass is 127. The average Bonchev–Trinajstić information content (AvgIpc) is 3.21. The van der Waals surface area contributed by atoms with Crippen LogP contribution in [0, 0.1) is 0 Å². The molecular formula is C19H29IN4. The van der Waals surface area contributed by atoms with Gasteiger partial charge in [-0.1, -0.05) is 31.0 Å². The van der Waals surface area contributed by atoms with Gasteiger partial charge in [0.15, 0.2) is 5.96 Å². The number of para-hydroxylation sites is 1. The predicted octanol–water partition coefficient (Wildman–Crippen LogP) is 4.22. The molecule has 1 fully saturated rings. The van der Waals surface area contributed by atoms with Crippen molar-refractivity contribution in [3.05, 3.63) is 36.0 Å². The van der Waals surface area contributed by atoms with Gasteiger partial charge < -0.3 is 15.6 Å². The Bertz CT molecular complexity index is 644. The number of halogens is 1. The van der Waals surface area contributed by atoms with Crippen molar-refractivity contribution in [2.24, 2.45) is 4.99 Å². The van der Waals surface area contributed by atoms with Crippen LogP contribution in [0.1, 0.15) is 44.6 Å². The minimum absolute atomic E-state index is 0. The molecule has 0 atom stereocenters. The van der Waals surface area contributed by atoms with Crippen molar-refractivity contribution < 1.29 is 0 Å². The van der Waals surface area contributed by atoms with Crippen LogP contribution in [-0.2, 0) is 6.42 Å². The third-order valence-corrected chi connectivity index (χ3v) is 4.59. The van der Waals surface area contributed by atoms with Crippen molar-refractivity contribution in [2.45, 2.75) is 51.5 Å². The molecule has 3 rings (SSSR count). The summed E-state index contributed by atoms with van der Waals surface area (Å²) in [6.07, 6.45) is 9.52. The molecular weight excluding hydrogens is 411 g/mol. The molecule has 2 aromatic rings. The van der Waals surface area contributed by atoms with Crippen LogP contribution in [0.3, 0.4) is 0 Å². The summed E-state index contributed by atoms with van der Waals surface area (Å²) in [7, 11) is 0. The monoisotopic (exact) mass is 440 g/mol. The second-order valence-corrected chi connectivity index (χ2v) is 6.35. The topological polar surface area (TPSA) is 52.2 Å². The van der Waals surface area contributed by atoms with Gasteiger partial charge in [0.2, 0.25) is 0 Å². The van der Waals surface area contributed by atoms with Crippen LogP contribution in [0.15, 0.2) is 35.5 Å². The van der Waals surface area contributed by atoms with Gasteiger partial charge >= 0.3 is 0 Å². The number of nitrogens with zero attached hydrogens (tertiary/aromatic N) is 1. The smallest absolute Gasteiger partial charge is 0.191 e. The number of H-pyrrole nitrogens is 1. The summed E-state index contributed by atoms with van der Waals surface area (Å²) in [5, 5.41) is 8.28. The molecule has 0 unspecified atom stereocenters. The number of fused-ring (bicyclic) bond motifs is 1. The Balaban J connectivity index is 0.00000208. The zero-order valence-corrected chi connectivity index (χ0v) is 16.8. The number of nitrogens with one attached hydrogen (secondary N) is 3. The van der Waals surface area contributed by atoms with E-state index in [1.165, 1.54) is 42.1 Å². The number of aryl methyl sites for hydroxylation is 1. The molecule has 0 spiro atoms. The number of hydrogen-bond donors (Lipinski definition) is 3. The molecule has 1 aliphatic rings. The first-order valence-electron chi connectivity index (χ1n) is 8.96. The lowest BCUT2D eigenvalue weighted by molar-refractivity contribution is 0.613. The van der Waals surface area contributed by atoms with Gasteiger partial charge in [0.1, 0.15) is 0 Å². The molecule has 0 amide bonds. The first-order valence-corrected chi connectivity index (χ1v) is 8.96. The van der Waals surface area contributed by atoms with Gasteiger partial charge in [-0.05, 0) is 44.2 Å². The van der Waals surface area contributed by atoms with Gasteiger partial charge in [0, 0.05) is 36.2 Å². The largest absolute Gasteiger partial charge is 0.361 e. The molecule has 1 aromatic heterocycles. The fraction of sp³-hybridized carbons (Fsp3) is 0.526. The van der Waals surface area contributed by atoms with Gasteiger partial charge in [0.05, 0.1) is 0 Å². The van der Waals surface area contributed by atoms with Crippen molar-refractivity contribution in [1.29, 1.82) is 0 Å². The lowest BCUT2D eigenvalue weighted by Gasteiger charge is -2.16. The van der Waals surface area contributed by atoms with E-state index in [0.717, 1.165) is 31.9 Å². The minimum atomic E-state index is 0. The Hall–Kier alpha value is -1.24. The summed E-state index contributed by atoms with van der Waals surface area (Å²) in [5.74, 6) is 0.985. The minimum Gasteiger partial charge on any atom is -0.361 e. The first kappa shape index (κ1) is 19.1. The molecule has 3 N–H and O–H groups in total. The Morgan fingerprint density at radius 3 is 2.83 bits per heavy atom. The maximum atomic E-state index is 4.74. The summed E-state index contributed by atoms with van der Waals surface area (Å²) in [6, 6.07) is 9.11. The Labute approximate surface area is 161 Å². The van der Waals surface area contributed by atoms with Gasteiger partial charge in [-0.3, -0.25) is 4.99 Å². The first-order chi connectivity index (χ1) is 11.4. The van der Waals surface area contributed by atoms with Crippen LogP contribution in [0.25, 0.3) is 10.9 Å². The number of rotatable bonds is 6. The zero-order chi connectivity index (χ0) is 15.9. The second kappa shape index (κ2) is 9.91. The molecule has 1 aliphatic carbocycles. The van der Waals surface area contributed by atoms with Crippen molar-refractivity contribution in [3.63, 3.8) is 0 Å². The predicted molar refractivity (Wildman–Crippen MR) is 113 cm³/mol. The normalized spacial score (nSPS) is 15.5. The zero-order valence-electron chi connectivity index (χ0n) is 14.5. The van der Waals surface area contributed by atoms with E-state index in [9.17, 15) is 0 Å². The number of aromatic amines is 1. The van der Waals surface area contributed by atoms with Gasteiger partial charge in [0.25, 0.3) is 0 Å². The summed E-state index contributed by atoms with van der Waals surface area (Å²) in [4.78, 5) is 8.09. The van der Waals surface area contributed by atoms with E-state index in [4.69, 9.17) is 4.99 Å². The second-order valence-electron chi connectivity index (χ2n) is 6.35. The standard InChI is InChI=1S/C19H28N4.HI/c1-2-20-19(23-16-9-3-4-10-16)21-13-7-8-15-14-22-18-12-6-5-11-17(15)18;/h5-6,11-12,14,16,22H,2-4,7-10,13H2,1H3,(H2,20,21,23);1H. The van der Waals surface area contributed by atoms with Crippen molar-refractivity contribution >= 4 is 40.8 Å². The van der Waals surface area contributed by atoms with Crippen molar-refractivity contribution in [2.75, 3.05) is 13.1 Å². The lowest BCUT2D eigenvalue weighted by Crippen LogP contribution is -2.42. The van der Waals surface area contributed by atoms with Gasteiger partial charge in [-0.2, -0.15) is 0 Å². The van der Waals surface area contributed by atoms with E-state index in [2.05, 4.69) is 53.0 Å². The van der Waals surface area contributed by atoms with E-state index in [0.29, 0.717) is 6.04 Å². The molecule has 1 heterocycles. The van der Waals surface area contributed by atoms with Crippen LogP contribution in [0.4, 0.5) is 0 Å². The van der Waals surface area contributed by atoms with E-state index in [1.54, 1.807) is 0 Å². The molecule has 0 radical (unpaired) electrons. The Morgan fingerprint density at radius 2 is 2.04 bits per heavy atom. The molecule has 1 saturated carbocycles. The van der Waals surface area contributed by atoms with E-state index in [-0.39, 0.29) is 24.0 Å². The molecule has 24 heavy (non-hydrogen) atoms. The number of guanidine groups is 1. The quantitative estimate of drug-likeness (QED) is 0.273. The summed E-state index contributed by atoms with van der Waals surface area (Å²) in [5.41, 5.74) is 2.62. The third kappa shape index (κ3) is 5.13. The third-order valence-electron chi connectivity index (χ3n) is 4.59. The molecule has 5 heteroatoms. The molecule has 0 aliphatic heterocycles. The maximum Gasteiger partial charge on any atom is 0.191 e. The van der Waals surface area contributed by atoms with Crippen LogP contribution in [0.2, 0.25) is 0 Å². The van der Waals surface area contributed by atoms with Crippen LogP contribution in [-0.4, -0.2) is 30.1 Å². The highest BCUT2D eigenvalue weighted by Crippen LogP contribution is 2.19. The summed E-state index contributed by atoms with van der Waals surface area (Å²) < 4.78 is 0. The fourth-order valence-corrected chi connectivity index (χ4v) is 3.38. The maximum absolute atomic E-state index is 4.74. The van der Waals surface area contributed by atoms with E-state index < -0.39 is 0 Å². The highest BCUT2D eigenvalue weighted by molar-refractivity contribution is 14.0. The van der Waals surface area contributed by atoms with Crippen LogP contribution < -0.4 is 10.6 Å². The molecule has 0 bridgehead atoms. The summed E-state index contributed by atoms with van der Waals surface area (Å²) >= 11 is 0. The fourth-order valence-electron chi connectivity index (χ4n) is 3.38. The van der Waals surface area contributed by atoms with Crippen LogP contribution >= 0.6 is 24.0 Å². The number of aromatic nitrogens is 1. The lowest BCUT2D eigenvalue weighted by atomic mass is 10.1. The number of hydrogen-bond acceptors (Lipinski definition) is 1. The van der Waals surface area contributed by atoms with Gasteiger partial charge in [-0.15, -0.1) is 24.0 Å². The number of aliphatic imine (C=N–C) groups is 1. The van der Waals surface area contributed by atoms with Crippen molar-refractivity contribution in [1.82, 2.24) is 15.6 Å². The molecule has 4 nitrogen and oxygen atoms in total. The molecule has 1 aromatic carbocycles. The molecule has 0 saturated heterocycles. The highest BCUT2D eigenvalue weighted by Gasteiger charge is 2.15. The number of benzene rings is 1. The Kier molecular flexibility index (Phi) is 7.88. The SMILES string of the molecule is CCNC(=NCCCc1c[nH]c2ccccc12)NC1CCCC1.I. The van der Waals surface area contributed by atoms with E-state index in [1.807, 2.05) is 0 Å². The molecule has 132 valence electrons. The average molecular weight is 440 g/mol. The van der Waals surface area contributed by atoms with Gasteiger partial charge in [-0.25, -0.2) is 0 Å². The van der Waals surface area contributed by atoms with Crippen molar-refractivity contribution in [3.8, 4) is 0 Å². The Morgan fingerprint density at radius 1 is 1.25 bits per heavy atom. The summed E-state index contributed by atoms with van der Waals surface area (Å²) in [6.45, 7) is 3.90. The van der Waals surface area contributed by atoms with Crippen LogP contribution in [0.5, 0.6) is 0 Å². The van der Waals surface area contributed by atoms with E-state index >= 15 is 0 Å².